The number of hydrogen-bond acceptors (Lipinski definition) is 4. The van der Waals surface area contributed by atoms with E-state index < -0.39 is 6.04 Å². The average molecular weight is 247 g/mol. The minimum absolute atomic E-state index is 0.00390. The first-order valence-corrected chi connectivity index (χ1v) is 5.71. The molecule has 1 amide bonds. The van der Waals surface area contributed by atoms with E-state index in [1.54, 1.807) is 24.3 Å². The molecule has 0 bridgehead atoms. The Balaban J connectivity index is 2.59. The molecule has 0 aliphatic heterocycles. The zero-order chi connectivity index (χ0) is 13.5. The lowest BCUT2D eigenvalue weighted by atomic mass is 10.1. The standard InChI is InChI=1S/C13H17N3O2/c1-9(2)12(15)13(17)16-10-3-5-11(6-4-10)18-8-7-14/h3-6,9,12H,8,15H2,1-2H3,(H,16,17)/t12-/m1/s1. The molecule has 0 aliphatic carbocycles. The fourth-order valence-corrected chi connectivity index (χ4v) is 1.28. The molecule has 0 aliphatic rings. The van der Waals surface area contributed by atoms with Gasteiger partial charge in [-0.2, -0.15) is 5.26 Å². The molecule has 0 fully saturated rings. The third-order valence-electron chi connectivity index (χ3n) is 2.45. The van der Waals surface area contributed by atoms with Crippen molar-refractivity contribution in [3.05, 3.63) is 24.3 Å². The van der Waals surface area contributed by atoms with Gasteiger partial charge in [-0.15, -0.1) is 0 Å². The normalized spacial score (nSPS) is 11.7. The van der Waals surface area contributed by atoms with Gasteiger partial charge < -0.3 is 15.8 Å². The highest BCUT2D eigenvalue weighted by atomic mass is 16.5. The fourth-order valence-electron chi connectivity index (χ4n) is 1.28. The van der Waals surface area contributed by atoms with Gasteiger partial charge in [-0.1, -0.05) is 13.8 Å². The van der Waals surface area contributed by atoms with Crippen LogP contribution in [0.15, 0.2) is 24.3 Å². The molecule has 5 heteroatoms. The van der Waals surface area contributed by atoms with Crippen molar-refractivity contribution in [2.24, 2.45) is 11.7 Å². The molecule has 0 radical (unpaired) electrons. The summed E-state index contributed by atoms with van der Waals surface area (Å²) in [6.07, 6.45) is 0. The molecule has 0 saturated heterocycles. The summed E-state index contributed by atoms with van der Waals surface area (Å²) >= 11 is 0. The third kappa shape index (κ3) is 4.07. The number of nitrogens with one attached hydrogen (secondary N) is 1. The Labute approximate surface area is 107 Å². The summed E-state index contributed by atoms with van der Waals surface area (Å²) in [5.74, 6) is 0.460. The van der Waals surface area contributed by atoms with Crippen molar-refractivity contribution in [3.8, 4) is 11.8 Å². The van der Waals surface area contributed by atoms with Gasteiger partial charge in [-0.25, -0.2) is 0 Å². The molecule has 1 aromatic rings. The Bertz CT molecular complexity index is 435. The van der Waals surface area contributed by atoms with E-state index in [0.717, 1.165) is 0 Å². The Kier molecular flexibility index (Phi) is 5.15. The van der Waals surface area contributed by atoms with Gasteiger partial charge in [0.1, 0.15) is 11.8 Å². The van der Waals surface area contributed by atoms with Gasteiger partial charge in [0.2, 0.25) is 5.91 Å². The lowest BCUT2D eigenvalue weighted by Gasteiger charge is -2.15. The monoisotopic (exact) mass is 247 g/mol. The molecule has 1 aromatic carbocycles. The molecule has 96 valence electrons. The fraction of sp³-hybridized carbons (Fsp3) is 0.385. The van der Waals surface area contributed by atoms with Gasteiger partial charge in [0.15, 0.2) is 6.61 Å². The second-order valence-electron chi connectivity index (χ2n) is 4.23. The number of ether oxygens (including phenoxy) is 1. The average Bonchev–Trinajstić information content (AvgIpc) is 2.36. The van der Waals surface area contributed by atoms with Gasteiger partial charge in [-0.05, 0) is 30.2 Å². The molecule has 5 nitrogen and oxygen atoms in total. The molecule has 0 spiro atoms. The highest BCUT2D eigenvalue weighted by Gasteiger charge is 2.16. The summed E-state index contributed by atoms with van der Waals surface area (Å²) in [6, 6.07) is 8.14. The van der Waals surface area contributed by atoms with E-state index >= 15 is 0 Å². The van der Waals surface area contributed by atoms with Crippen LogP contribution in [0.1, 0.15) is 13.8 Å². The number of nitriles is 1. The van der Waals surface area contributed by atoms with Crippen LogP contribution in [0, 0.1) is 17.2 Å². The number of carbonyl (C=O) groups excluding carboxylic acids is 1. The maximum absolute atomic E-state index is 11.7. The first-order chi connectivity index (χ1) is 8.54. The van der Waals surface area contributed by atoms with Crippen LogP contribution in [0.5, 0.6) is 5.75 Å². The Morgan fingerprint density at radius 3 is 2.56 bits per heavy atom. The van der Waals surface area contributed by atoms with Crippen molar-refractivity contribution in [2.75, 3.05) is 11.9 Å². The minimum atomic E-state index is -0.528. The van der Waals surface area contributed by atoms with Gasteiger partial charge in [0.05, 0.1) is 6.04 Å². The second-order valence-corrected chi connectivity index (χ2v) is 4.23. The third-order valence-corrected chi connectivity index (χ3v) is 2.45. The summed E-state index contributed by atoms with van der Waals surface area (Å²) in [5, 5.41) is 11.1. The van der Waals surface area contributed by atoms with E-state index in [1.165, 1.54) is 0 Å². The lowest BCUT2D eigenvalue weighted by Crippen LogP contribution is -2.39. The van der Waals surface area contributed by atoms with Crippen molar-refractivity contribution in [1.82, 2.24) is 0 Å². The quantitative estimate of drug-likeness (QED) is 0.825. The van der Waals surface area contributed by atoms with E-state index in [4.69, 9.17) is 15.7 Å². The number of nitrogens with two attached hydrogens (primary N) is 1. The van der Waals surface area contributed by atoms with Crippen LogP contribution in [-0.4, -0.2) is 18.6 Å². The number of nitrogens with zero attached hydrogens (tertiary/aromatic N) is 1. The molecule has 0 aromatic heterocycles. The molecule has 18 heavy (non-hydrogen) atoms. The van der Waals surface area contributed by atoms with E-state index in [9.17, 15) is 4.79 Å². The summed E-state index contributed by atoms with van der Waals surface area (Å²) in [6.45, 7) is 3.79. The van der Waals surface area contributed by atoms with Crippen LogP contribution in [-0.2, 0) is 4.79 Å². The Morgan fingerprint density at radius 2 is 2.06 bits per heavy atom. The Morgan fingerprint density at radius 1 is 1.44 bits per heavy atom. The molecule has 3 N–H and O–H groups in total. The number of anilines is 1. The van der Waals surface area contributed by atoms with Crippen LogP contribution in [0.4, 0.5) is 5.69 Å². The van der Waals surface area contributed by atoms with Crippen molar-refractivity contribution < 1.29 is 9.53 Å². The zero-order valence-corrected chi connectivity index (χ0v) is 10.5. The number of rotatable bonds is 5. The van der Waals surface area contributed by atoms with Gasteiger partial charge in [0, 0.05) is 5.69 Å². The number of amides is 1. The Hall–Kier alpha value is -2.06. The number of hydrogen-bond donors (Lipinski definition) is 2. The van der Waals surface area contributed by atoms with Crippen LogP contribution >= 0.6 is 0 Å². The summed E-state index contributed by atoms with van der Waals surface area (Å²) in [5.41, 5.74) is 6.38. The summed E-state index contributed by atoms with van der Waals surface area (Å²) in [4.78, 5) is 11.7. The molecular weight excluding hydrogens is 230 g/mol. The first-order valence-electron chi connectivity index (χ1n) is 5.71. The molecule has 0 heterocycles. The van der Waals surface area contributed by atoms with E-state index in [1.807, 2.05) is 19.9 Å². The topological polar surface area (TPSA) is 88.1 Å². The minimum Gasteiger partial charge on any atom is -0.479 e. The van der Waals surface area contributed by atoms with Crippen LogP contribution in [0.3, 0.4) is 0 Å². The zero-order valence-electron chi connectivity index (χ0n) is 10.5. The largest absolute Gasteiger partial charge is 0.479 e. The molecule has 1 rings (SSSR count). The maximum Gasteiger partial charge on any atom is 0.241 e. The SMILES string of the molecule is CC(C)[C@@H](N)C(=O)Nc1ccc(OCC#N)cc1. The molecule has 0 saturated carbocycles. The predicted octanol–water partition coefficient (Wildman–Crippen LogP) is 1.51. The maximum atomic E-state index is 11.7. The van der Waals surface area contributed by atoms with Gasteiger partial charge >= 0.3 is 0 Å². The highest BCUT2D eigenvalue weighted by molar-refractivity contribution is 5.94. The second kappa shape index (κ2) is 6.62. The van der Waals surface area contributed by atoms with E-state index in [2.05, 4.69) is 5.32 Å². The van der Waals surface area contributed by atoms with Crippen LogP contribution < -0.4 is 15.8 Å². The summed E-state index contributed by atoms with van der Waals surface area (Å²) in [7, 11) is 0. The van der Waals surface area contributed by atoms with E-state index in [0.29, 0.717) is 11.4 Å². The number of carbonyl (C=O) groups is 1. The van der Waals surface area contributed by atoms with Crippen molar-refractivity contribution in [1.29, 1.82) is 5.26 Å². The van der Waals surface area contributed by atoms with Gasteiger partial charge in [-0.3, -0.25) is 4.79 Å². The smallest absolute Gasteiger partial charge is 0.241 e. The molecule has 1 atom stereocenters. The predicted molar refractivity (Wildman–Crippen MR) is 69.0 cm³/mol. The van der Waals surface area contributed by atoms with Crippen molar-refractivity contribution in [2.45, 2.75) is 19.9 Å². The van der Waals surface area contributed by atoms with Gasteiger partial charge in [0.25, 0.3) is 0 Å². The molecular formula is C13H17N3O2. The summed E-state index contributed by atoms with van der Waals surface area (Å²) < 4.78 is 5.10. The first kappa shape index (κ1) is 14.0. The van der Waals surface area contributed by atoms with Crippen molar-refractivity contribution in [3.63, 3.8) is 0 Å². The highest BCUT2D eigenvalue weighted by Crippen LogP contribution is 2.16. The van der Waals surface area contributed by atoms with E-state index in [-0.39, 0.29) is 18.4 Å². The lowest BCUT2D eigenvalue weighted by molar-refractivity contribution is -0.118. The number of benzene rings is 1. The molecule has 0 unspecified atom stereocenters. The van der Waals surface area contributed by atoms with Crippen molar-refractivity contribution >= 4 is 11.6 Å². The van der Waals surface area contributed by atoms with Crippen LogP contribution in [0.25, 0.3) is 0 Å². The van der Waals surface area contributed by atoms with Crippen LogP contribution in [0.2, 0.25) is 0 Å².